The second-order valence-electron chi connectivity index (χ2n) is 13.7. The maximum absolute atomic E-state index is 14.3. The molecule has 0 aliphatic carbocycles. The van der Waals surface area contributed by atoms with Crippen molar-refractivity contribution in [3.05, 3.63) is 112 Å². The molecule has 0 fully saturated rings. The van der Waals surface area contributed by atoms with E-state index in [0.717, 1.165) is 30.3 Å². The minimum absolute atomic E-state index is 0.00293. The van der Waals surface area contributed by atoms with Gasteiger partial charge in [0, 0.05) is 5.56 Å². The Hall–Kier alpha value is -5.14. The number of halogens is 1. The number of hydrogen-bond donors (Lipinski definition) is 3. The summed E-state index contributed by atoms with van der Waals surface area (Å²) in [7, 11) is -3.67. The van der Waals surface area contributed by atoms with E-state index in [1.165, 1.54) is 56.5 Å². The first-order valence-electron chi connectivity index (χ1n) is 19.2. The number of imidazole rings is 2. The van der Waals surface area contributed by atoms with Gasteiger partial charge in [-0.1, -0.05) is 137 Å². The second-order valence-corrected chi connectivity index (χ2v) is 16.2. The Morgan fingerprint density at radius 3 is 2.14 bits per heavy atom. The summed E-state index contributed by atoms with van der Waals surface area (Å²) in [5.74, 6) is -2.56. The molecule has 1 amide bonds. The molecule has 3 aromatic carbocycles. The molecule has 3 N–H and O–H groups in total. The number of carbonyl (C=O) groups excluding carboxylic acids is 2. The van der Waals surface area contributed by atoms with Gasteiger partial charge in [-0.3, -0.25) is 14.2 Å². The fourth-order valence-electron chi connectivity index (χ4n) is 6.53. The number of rotatable bonds is 22. The first-order chi connectivity index (χ1) is 27.1. The molecule has 0 aliphatic rings. The van der Waals surface area contributed by atoms with E-state index in [9.17, 15) is 27.9 Å². The Bertz CT molecular complexity index is 2230. The summed E-state index contributed by atoms with van der Waals surface area (Å²) in [4.78, 5) is 49.9. The predicted octanol–water partition coefficient (Wildman–Crippen LogP) is 8.60. The molecule has 14 heteroatoms. The zero-order valence-electron chi connectivity index (χ0n) is 31.9. The lowest BCUT2D eigenvalue weighted by Gasteiger charge is -2.17. The Labute approximate surface area is 332 Å². The third kappa shape index (κ3) is 10.6. The van der Waals surface area contributed by atoms with Gasteiger partial charge >= 0.3 is 5.69 Å². The van der Waals surface area contributed by atoms with E-state index in [4.69, 9.17) is 16.3 Å². The van der Waals surface area contributed by atoms with Crippen molar-refractivity contribution in [1.82, 2.24) is 19.1 Å². The smallest absolute Gasteiger partial charge is 0.335 e. The zero-order chi connectivity index (χ0) is 40.1. The van der Waals surface area contributed by atoms with Gasteiger partial charge in [0.2, 0.25) is 5.78 Å². The van der Waals surface area contributed by atoms with Crippen LogP contribution in [0.4, 0.5) is 5.69 Å². The number of ketones is 1. The predicted molar refractivity (Wildman–Crippen MR) is 218 cm³/mol. The molecule has 5 aromatic rings. The highest BCUT2D eigenvalue weighted by Gasteiger charge is 2.38. The maximum atomic E-state index is 14.3. The molecule has 2 heterocycles. The average molecular weight is 804 g/mol. The quantitative estimate of drug-likeness (QED) is 0.0356. The van der Waals surface area contributed by atoms with Crippen molar-refractivity contribution in [1.29, 1.82) is 0 Å². The van der Waals surface area contributed by atoms with Crippen LogP contribution in [0.25, 0.3) is 11.4 Å². The third-order valence-electron chi connectivity index (χ3n) is 9.53. The number of sulfone groups is 1. The van der Waals surface area contributed by atoms with E-state index < -0.39 is 39.1 Å². The van der Waals surface area contributed by atoms with Gasteiger partial charge in [0.1, 0.15) is 11.5 Å². The molecule has 56 heavy (non-hydrogen) atoms. The molecule has 12 nitrogen and oxygen atoms in total. The molecule has 5 rings (SSSR count). The summed E-state index contributed by atoms with van der Waals surface area (Å²) in [6.07, 6.45) is 12.0. The van der Waals surface area contributed by atoms with Gasteiger partial charge in [-0.05, 0) is 37.1 Å². The van der Waals surface area contributed by atoms with Crippen LogP contribution < -0.4 is 15.7 Å². The van der Waals surface area contributed by atoms with E-state index in [-0.39, 0.29) is 46.1 Å². The van der Waals surface area contributed by atoms with E-state index in [2.05, 4.69) is 22.2 Å². The summed E-state index contributed by atoms with van der Waals surface area (Å²) in [5.41, 5.74) is 0.392. The lowest BCUT2D eigenvalue weighted by Crippen LogP contribution is -2.39. The molecule has 0 radical (unpaired) electrons. The van der Waals surface area contributed by atoms with Crippen molar-refractivity contribution >= 4 is 38.8 Å². The summed E-state index contributed by atoms with van der Waals surface area (Å²) in [5, 5.41) is 14.0. The van der Waals surface area contributed by atoms with Crippen LogP contribution in [0.3, 0.4) is 0 Å². The Morgan fingerprint density at radius 2 is 1.52 bits per heavy atom. The summed E-state index contributed by atoms with van der Waals surface area (Å²) in [6, 6.07) is 19.9. The zero-order valence-corrected chi connectivity index (χ0v) is 33.4. The fourth-order valence-corrected chi connectivity index (χ4v) is 8.21. The summed E-state index contributed by atoms with van der Waals surface area (Å²) >= 11 is 6.56. The molecule has 1 unspecified atom stereocenters. The molecule has 2 aromatic heterocycles. The number of aromatic nitrogens is 4. The number of Topliss-reactive ketones (excluding diaryl/α,β-unsaturated/α-hetero) is 1. The number of nitrogens with one attached hydrogen (secondary N) is 2. The van der Waals surface area contributed by atoms with Gasteiger partial charge in [-0.25, -0.2) is 22.8 Å². The van der Waals surface area contributed by atoms with Crippen molar-refractivity contribution < 1.29 is 27.9 Å². The largest absolute Gasteiger partial charge is 0.491 e. The number of benzene rings is 3. The standard InChI is InChI=1S/C42H50ClN5O7S/c1-3-5-6-7-8-9-10-11-12-19-26-56(53,54)32-24-25-34(33(43)27-32)46-39(50)36(37(49)35-28-44-38(45-35)31-22-17-14-18-23-31)48-40(51)41(55-4-2)47(42(48)52)29-30-20-15-13-16-21-30/h13-18,20-25,27-28,36,51H,3-12,19,26,29H2,1-2H3,(H,44,45)(H,46,50). The molecular weight excluding hydrogens is 754 g/mol. The van der Waals surface area contributed by atoms with Crippen LogP contribution in [0, 0.1) is 0 Å². The first kappa shape index (κ1) is 42.0. The van der Waals surface area contributed by atoms with Gasteiger partial charge in [0.05, 0.1) is 40.7 Å². The fraction of sp³-hybridized carbons (Fsp3) is 0.381. The molecule has 0 spiro atoms. The number of amides is 1. The number of ether oxygens (including phenoxy) is 1. The lowest BCUT2D eigenvalue weighted by molar-refractivity contribution is -0.118. The van der Waals surface area contributed by atoms with Gasteiger partial charge in [0.15, 0.2) is 15.9 Å². The topological polar surface area (TPSA) is 165 Å². The second kappa shape index (κ2) is 20.1. The Balaban J connectivity index is 1.39. The highest BCUT2D eigenvalue weighted by molar-refractivity contribution is 7.91. The van der Waals surface area contributed by atoms with Crippen molar-refractivity contribution in [3.63, 3.8) is 0 Å². The molecular formula is C42H50ClN5O7S. The number of unbranched alkanes of at least 4 members (excludes halogenated alkanes) is 9. The van der Waals surface area contributed by atoms with Crippen molar-refractivity contribution in [3.8, 4) is 23.1 Å². The van der Waals surface area contributed by atoms with Crippen LogP contribution in [0.1, 0.15) is 100 Å². The molecule has 298 valence electrons. The molecule has 0 aliphatic heterocycles. The van der Waals surface area contributed by atoms with Gasteiger partial charge in [-0.15, -0.1) is 0 Å². The molecule has 0 saturated heterocycles. The Kier molecular flexibility index (Phi) is 15.1. The van der Waals surface area contributed by atoms with Crippen LogP contribution in [0.5, 0.6) is 11.8 Å². The van der Waals surface area contributed by atoms with Crippen molar-refractivity contribution in [2.24, 2.45) is 0 Å². The van der Waals surface area contributed by atoms with Gasteiger partial charge in [0.25, 0.3) is 17.7 Å². The number of carbonyl (C=O) groups is 2. The minimum atomic E-state index is -3.67. The monoisotopic (exact) mass is 803 g/mol. The number of hydrogen-bond acceptors (Lipinski definition) is 8. The van der Waals surface area contributed by atoms with Gasteiger partial charge < -0.3 is 20.1 Å². The summed E-state index contributed by atoms with van der Waals surface area (Å²) < 4.78 is 33.9. The van der Waals surface area contributed by atoms with E-state index >= 15 is 0 Å². The third-order valence-corrected chi connectivity index (χ3v) is 11.6. The SMILES string of the molecule is CCCCCCCCCCCCS(=O)(=O)c1ccc(NC(=O)C(C(=O)c2cnc(-c3ccccc3)[nH]2)n2c(O)c(OCC)n(Cc3ccccc3)c2=O)c(Cl)c1. The van der Waals surface area contributed by atoms with Crippen LogP contribution >= 0.6 is 11.6 Å². The van der Waals surface area contributed by atoms with Crippen LogP contribution in [-0.2, 0) is 21.2 Å². The number of aromatic amines is 1. The van der Waals surface area contributed by atoms with Crippen LogP contribution in [-0.4, -0.2) is 56.7 Å². The van der Waals surface area contributed by atoms with Crippen molar-refractivity contribution in [2.75, 3.05) is 17.7 Å². The van der Waals surface area contributed by atoms with Crippen LogP contribution in [0.15, 0.2) is 94.7 Å². The maximum Gasteiger partial charge on any atom is 0.335 e. The molecule has 0 bridgehead atoms. The van der Waals surface area contributed by atoms with Crippen molar-refractivity contribution in [2.45, 2.75) is 95.5 Å². The normalized spacial score (nSPS) is 12.1. The van der Waals surface area contributed by atoms with Crippen LogP contribution in [0.2, 0.25) is 5.02 Å². The summed E-state index contributed by atoms with van der Waals surface area (Å²) in [6.45, 7) is 3.91. The molecule has 0 saturated carbocycles. The highest BCUT2D eigenvalue weighted by atomic mass is 35.5. The minimum Gasteiger partial charge on any atom is -0.491 e. The number of nitrogens with zero attached hydrogens (tertiary/aromatic N) is 3. The Morgan fingerprint density at radius 1 is 0.893 bits per heavy atom. The number of aromatic hydroxyl groups is 1. The lowest BCUT2D eigenvalue weighted by atomic mass is 10.1. The number of H-pyrrole nitrogens is 1. The van der Waals surface area contributed by atoms with Gasteiger partial charge in [-0.2, -0.15) is 0 Å². The van der Waals surface area contributed by atoms with E-state index in [1.54, 1.807) is 55.5 Å². The number of anilines is 1. The highest BCUT2D eigenvalue weighted by Crippen LogP contribution is 2.32. The molecule has 1 atom stereocenters. The average Bonchev–Trinajstić information content (AvgIpc) is 3.78. The first-order valence-corrected chi connectivity index (χ1v) is 21.3. The van der Waals surface area contributed by atoms with E-state index in [1.807, 2.05) is 12.1 Å². The van der Waals surface area contributed by atoms with E-state index in [0.29, 0.717) is 27.9 Å².